The summed E-state index contributed by atoms with van der Waals surface area (Å²) in [4.78, 5) is 13.2. The number of aliphatic hydroxyl groups excluding tert-OH is 2. The molecule has 0 aromatic carbocycles. The second kappa shape index (κ2) is 12.9. The van der Waals surface area contributed by atoms with Crippen LogP contribution in [0.25, 0.3) is 0 Å². The summed E-state index contributed by atoms with van der Waals surface area (Å²) in [5.41, 5.74) is 1.26. The third-order valence-corrected chi connectivity index (χ3v) is 8.91. The molecule has 4 nitrogen and oxygen atoms in total. The number of unbranched alkanes of at least 4 members (excludes halogenated alkanes) is 1. The first-order chi connectivity index (χ1) is 14.7. The van der Waals surface area contributed by atoms with E-state index in [9.17, 15) is 15.0 Å². The van der Waals surface area contributed by atoms with E-state index in [1.807, 2.05) is 18.1 Å². The van der Waals surface area contributed by atoms with E-state index >= 15 is 0 Å². The minimum atomic E-state index is -0.769. The van der Waals surface area contributed by atoms with Crippen molar-refractivity contribution in [1.29, 1.82) is 0 Å². The number of rotatable bonds is 12. The van der Waals surface area contributed by atoms with Gasteiger partial charge in [-0.3, -0.25) is 0 Å². The van der Waals surface area contributed by atoms with Crippen LogP contribution in [-0.2, 0) is 11.2 Å². The van der Waals surface area contributed by atoms with Gasteiger partial charge in [0, 0.05) is 0 Å². The molecule has 0 aliphatic heterocycles. The monoisotopic (exact) mass is 508 g/mol. The second-order valence-corrected chi connectivity index (χ2v) is 10.6. The molecule has 1 saturated carbocycles. The van der Waals surface area contributed by atoms with E-state index < -0.39 is 18.2 Å². The van der Waals surface area contributed by atoms with Gasteiger partial charge in [0.1, 0.15) is 0 Å². The number of allylic oxidation sites excluding steroid dienone is 3. The van der Waals surface area contributed by atoms with Crippen LogP contribution in [0.5, 0.6) is 0 Å². The topological polar surface area (TPSA) is 77.8 Å². The van der Waals surface area contributed by atoms with Crippen molar-refractivity contribution in [3.05, 3.63) is 44.1 Å². The molecule has 1 fully saturated rings. The molecule has 31 heavy (non-hydrogen) atoms. The number of carboxylic acids is 1. The quantitative estimate of drug-likeness (QED) is 0.221. The standard InChI is InChI=1S/C24H34BBrO4S/c1-15-22(31-16(2)24(15)26)12-10-18(27)9-11-19-17(14-25)13-21(28)20(19)7-5-3-4-6-8-23(29)30/h3,5,9,11,14,17-21,25,27-28H,4,6-8,10,12-13H2,1-2H3,(H,29,30)/b5-3-,11-9+/t17-,18+,19-,20+,21?/m0/s1. The fraction of sp³-hybridized carbons (Fsp3) is 0.583. The number of hydrogen-bond acceptors (Lipinski definition) is 4. The van der Waals surface area contributed by atoms with E-state index in [1.165, 1.54) is 19.8 Å². The Morgan fingerprint density at radius 3 is 2.71 bits per heavy atom. The predicted molar refractivity (Wildman–Crippen MR) is 135 cm³/mol. The molecule has 1 heterocycles. The SMILES string of the molecule is B=C[C@@H]1CC(O)[C@H](C/C=C\CCCC(=O)O)[C@H]1/C=C/[C@@H](O)CCc1sc(C)c(Br)c1C. The molecule has 1 aromatic rings. The number of halogens is 1. The molecule has 1 aliphatic rings. The van der Waals surface area contributed by atoms with Gasteiger partial charge in [0.25, 0.3) is 0 Å². The zero-order valence-corrected chi connectivity index (χ0v) is 20.9. The summed E-state index contributed by atoms with van der Waals surface area (Å²) in [5.74, 6) is 1.57. The second-order valence-electron chi connectivity index (χ2n) is 8.45. The first kappa shape index (κ1) is 26.2. The van der Waals surface area contributed by atoms with Gasteiger partial charge in [-0.2, -0.15) is 0 Å². The van der Waals surface area contributed by atoms with Crippen molar-refractivity contribution >= 4 is 46.7 Å². The molecule has 2 rings (SSSR count). The van der Waals surface area contributed by atoms with Crippen LogP contribution in [-0.4, -0.2) is 47.0 Å². The molecule has 0 radical (unpaired) electrons. The number of thiophene rings is 1. The minimum absolute atomic E-state index is 0.0836. The van der Waals surface area contributed by atoms with Crippen LogP contribution >= 0.6 is 27.3 Å². The van der Waals surface area contributed by atoms with Gasteiger partial charge in [-0.25, -0.2) is 0 Å². The summed E-state index contributed by atoms with van der Waals surface area (Å²) in [6, 6.07) is 0. The number of aliphatic carboxylic acids is 1. The average molecular weight is 509 g/mol. The molecule has 3 N–H and O–H groups in total. The molecule has 0 bridgehead atoms. The van der Waals surface area contributed by atoms with Crippen LogP contribution in [0.2, 0.25) is 0 Å². The fourth-order valence-corrected chi connectivity index (χ4v) is 6.04. The predicted octanol–water partition coefficient (Wildman–Crippen LogP) is 4.49. The Hall–Kier alpha value is -1.02. The number of aryl methyl sites for hydroxylation is 2. The number of carboxylic acid groups (broad SMARTS) is 1. The number of hydrogen-bond donors (Lipinski definition) is 3. The van der Waals surface area contributed by atoms with Gasteiger partial charge in [-0.05, 0) is 0 Å². The third kappa shape index (κ3) is 7.81. The molecular weight excluding hydrogens is 475 g/mol. The molecule has 1 aliphatic carbocycles. The summed E-state index contributed by atoms with van der Waals surface area (Å²) < 4.78 is 1.17. The van der Waals surface area contributed by atoms with Gasteiger partial charge in [-0.1, -0.05) is 0 Å². The van der Waals surface area contributed by atoms with E-state index in [0.29, 0.717) is 19.3 Å². The van der Waals surface area contributed by atoms with Crippen molar-refractivity contribution in [2.24, 2.45) is 17.8 Å². The van der Waals surface area contributed by atoms with Crippen LogP contribution in [0.1, 0.15) is 53.8 Å². The Kier molecular flexibility index (Phi) is 10.9. The Balaban J connectivity index is 1.92. The molecule has 0 spiro atoms. The van der Waals surface area contributed by atoms with E-state index in [0.717, 1.165) is 19.3 Å². The van der Waals surface area contributed by atoms with Crippen molar-refractivity contribution in [3.63, 3.8) is 0 Å². The summed E-state index contributed by atoms with van der Waals surface area (Å²) in [5, 5.41) is 29.8. The maximum absolute atomic E-state index is 10.6. The molecule has 5 atom stereocenters. The Morgan fingerprint density at radius 1 is 1.35 bits per heavy atom. The van der Waals surface area contributed by atoms with Crippen molar-refractivity contribution in [2.45, 2.75) is 71.0 Å². The van der Waals surface area contributed by atoms with Crippen LogP contribution in [0.3, 0.4) is 0 Å². The molecule has 170 valence electrons. The first-order valence-electron chi connectivity index (χ1n) is 11.0. The molecule has 0 amide bonds. The Bertz CT molecular complexity index is 804. The number of aliphatic hydroxyl groups is 2. The third-order valence-electron chi connectivity index (χ3n) is 6.19. The van der Waals surface area contributed by atoms with E-state index in [-0.39, 0.29) is 24.2 Å². The van der Waals surface area contributed by atoms with Gasteiger partial charge in [0.2, 0.25) is 0 Å². The van der Waals surface area contributed by atoms with Gasteiger partial charge < -0.3 is 0 Å². The van der Waals surface area contributed by atoms with E-state index in [1.54, 1.807) is 11.3 Å². The number of carbonyl (C=O) groups is 1. The van der Waals surface area contributed by atoms with Crippen molar-refractivity contribution in [1.82, 2.24) is 0 Å². The fourth-order valence-electron chi connectivity index (χ4n) is 4.34. The Labute approximate surface area is 199 Å². The van der Waals surface area contributed by atoms with Crippen molar-refractivity contribution < 1.29 is 20.1 Å². The van der Waals surface area contributed by atoms with Crippen LogP contribution in [0.4, 0.5) is 0 Å². The van der Waals surface area contributed by atoms with Crippen molar-refractivity contribution in [2.75, 3.05) is 0 Å². The van der Waals surface area contributed by atoms with Crippen LogP contribution in [0.15, 0.2) is 28.8 Å². The average Bonchev–Trinajstić information content (AvgIpc) is 3.17. The summed E-state index contributed by atoms with van der Waals surface area (Å²) in [6.07, 6.45) is 11.6. The zero-order chi connectivity index (χ0) is 23.0. The molecule has 7 heteroatoms. The molecule has 1 aromatic heterocycles. The first-order valence-corrected chi connectivity index (χ1v) is 12.6. The Morgan fingerprint density at radius 2 is 2.10 bits per heavy atom. The normalized spacial score (nSPS) is 24.9. The van der Waals surface area contributed by atoms with E-state index in [4.69, 9.17) is 5.11 Å². The summed E-state index contributed by atoms with van der Waals surface area (Å²) in [7, 11) is 3.94. The van der Waals surface area contributed by atoms with Gasteiger partial charge >= 0.3 is 200 Å². The summed E-state index contributed by atoms with van der Waals surface area (Å²) in [6.45, 7) is 4.21. The van der Waals surface area contributed by atoms with Crippen LogP contribution in [0, 0.1) is 31.6 Å². The molecular formula is C24H34BBrO4S. The molecule has 0 saturated heterocycles. The zero-order valence-electron chi connectivity index (χ0n) is 18.5. The van der Waals surface area contributed by atoms with E-state index in [2.05, 4.69) is 49.4 Å². The summed E-state index contributed by atoms with van der Waals surface area (Å²) >= 11 is 5.40. The maximum atomic E-state index is 10.6. The van der Waals surface area contributed by atoms with Crippen LogP contribution < -0.4 is 0 Å². The molecule has 1 unspecified atom stereocenters. The van der Waals surface area contributed by atoms with Gasteiger partial charge in [0.05, 0.1) is 0 Å². The van der Waals surface area contributed by atoms with Gasteiger partial charge in [-0.15, -0.1) is 0 Å². The van der Waals surface area contributed by atoms with Gasteiger partial charge in [0.15, 0.2) is 0 Å². The van der Waals surface area contributed by atoms with Crippen molar-refractivity contribution in [3.8, 4) is 0 Å².